The molecule has 1 N–H and O–H groups in total. The number of aromatic nitrogens is 1. The first kappa shape index (κ1) is 14.2. The lowest BCUT2D eigenvalue weighted by molar-refractivity contribution is -0.113. The van der Waals surface area contributed by atoms with Crippen LogP contribution in [0.3, 0.4) is 0 Å². The highest BCUT2D eigenvalue weighted by molar-refractivity contribution is 8.00. The molecule has 6 heteroatoms. The van der Waals surface area contributed by atoms with Crippen molar-refractivity contribution in [1.29, 1.82) is 0 Å². The molecule has 0 radical (unpaired) electrons. The number of thioether (sulfide) groups is 1. The zero-order chi connectivity index (χ0) is 13.7. The Morgan fingerprint density at radius 2 is 2.00 bits per heavy atom. The molecule has 0 spiro atoms. The predicted molar refractivity (Wildman–Crippen MR) is 80.1 cm³/mol. The fourth-order valence-corrected chi connectivity index (χ4v) is 2.58. The maximum Gasteiger partial charge on any atom is 0.234 e. The molecule has 2 aromatic rings. The van der Waals surface area contributed by atoms with Crippen LogP contribution in [0.25, 0.3) is 0 Å². The number of pyridine rings is 1. The molecule has 19 heavy (non-hydrogen) atoms. The molecule has 0 saturated carbocycles. The van der Waals surface area contributed by atoms with Gasteiger partial charge in [0.05, 0.1) is 16.5 Å². The third-order valence-electron chi connectivity index (χ3n) is 2.23. The summed E-state index contributed by atoms with van der Waals surface area (Å²) >= 11 is 13.2. The summed E-state index contributed by atoms with van der Waals surface area (Å²) < 4.78 is 0. The summed E-state index contributed by atoms with van der Waals surface area (Å²) in [6.07, 6.45) is 1.57. The number of hydrogen-bond donors (Lipinski definition) is 1. The van der Waals surface area contributed by atoms with Gasteiger partial charge in [-0.1, -0.05) is 35.3 Å². The van der Waals surface area contributed by atoms with Crippen LogP contribution in [0, 0.1) is 0 Å². The molecule has 0 aliphatic heterocycles. The highest BCUT2D eigenvalue weighted by atomic mass is 35.5. The van der Waals surface area contributed by atoms with Crippen LogP contribution >= 0.6 is 35.0 Å². The van der Waals surface area contributed by atoms with E-state index < -0.39 is 0 Å². The van der Waals surface area contributed by atoms with Gasteiger partial charge in [0.2, 0.25) is 5.91 Å². The molecule has 0 aliphatic carbocycles. The van der Waals surface area contributed by atoms with Crippen LogP contribution in [0.5, 0.6) is 0 Å². The van der Waals surface area contributed by atoms with Gasteiger partial charge in [0.25, 0.3) is 0 Å². The van der Waals surface area contributed by atoms with Crippen molar-refractivity contribution < 1.29 is 4.79 Å². The highest BCUT2D eigenvalue weighted by Crippen LogP contribution is 2.26. The second-order valence-electron chi connectivity index (χ2n) is 3.61. The molecule has 0 bridgehead atoms. The van der Waals surface area contributed by atoms with Crippen LogP contribution in [0.2, 0.25) is 10.2 Å². The Morgan fingerprint density at radius 1 is 1.21 bits per heavy atom. The summed E-state index contributed by atoms with van der Waals surface area (Å²) in [5, 5.41) is 3.62. The Kier molecular flexibility index (Phi) is 5.07. The van der Waals surface area contributed by atoms with Crippen molar-refractivity contribution in [3.05, 3.63) is 52.8 Å². The van der Waals surface area contributed by atoms with E-state index in [-0.39, 0.29) is 16.8 Å². The maximum atomic E-state index is 11.8. The van der Waals surface area contributed by atoms with E-state index in [4.69, 9.17) is 23.2 Å². The quantitative estimate of drug-likeness (QED) is 0.682. The number of carbonyl (C=O) groups is 1. The van der Waals surface area contributed by atoms with Crippen molar-refractivity contribution in [1.82, 2.24) is 4.98 Å². The van der Waals surface area contributed by atoms with E-state index in [1.165, 1.54) is 11.8 Å². The number of nitrogens with zero attached hydrogens (tertiary/aromatic N) is 1. The van der Waals surface area contributed by atoms with E-state index in [2.05, 4.69) is 10.3 Å². The molecule has 1 aromatic heterocycles. The number of rotatable bonds is 4. The van der Waals surface area contributed by atoms with E-state index in [0.29, 0.717) is 10.7 Å². The minimum atomic E-state index is -0.153. The zero-order valence-corrected chi connectivity index (χ0v) is 12.1. The molecule has 98 valence electrons. The van der Waals surface area contributed by atoms with Gasteiger partial charge in [-0.2, -0.15) is 0 Å². The van der Waals surface area contributed by atoms with Crippen molar-refractivity contribution in [3.8, 4) is 0 Å². The Hall–Kier alpha value is -1.23. The monoisotopic (exact) mass is 312 g/mol. The fraction of sp³-hybridized carbons (Fsp3) is 0.0769. The van der Waals surface area contributed by atoms with Gasteiger partial charge in [-0.25, -0.2) is 4.98 Å². The van der Waals surface area contributed by atoms with Crippen LogP contribution in [0.4, 0.5) is 5.69 Å². The summed E-state index contributed by atoms with van der Waals surface area (Å²) in [5.41, 5.74) is 0.508. The van der Waals surface area contributed by atoms with E-state index in [1.54, 1.807) is 24.4 Å². The Balaban J connectivity index is 1.92. The minimum Gasteiger partial charge on any atom is -0.323 e. The molecule has 0 fully saturated rings. The molecule has 0 unspecified atom stereocenters. The molecular weight excluding hydrogens is 303 g/mol. The lowest BCUT2D eigenvalue weighted by atomic mass is 10.4. The number of halogens is 2. The topological polar surface area (TPSA) is 42.0 Å². The standard InChI is InChI=1S/C13H10Cl2N2OS/c14-9-4-1-2-6-11(9)19-8-12(18)17-10-5-3-7-16-13(10)15/h1-7H,8H2,(H,17,18). The van der Waals surface area contributed by atoms with Crippen LogP contribution < -0.4 is 5.32 Å². The first-order chi connectivity index (χ1) is 9.16. The summed E-state index contributed by atoms with van der Waals surface area (Å²) in [6.45, 7) is 0. The van der Waals surface area contributed by atoms with E-state index in [9.17, 15) is 4.79 Å². The van der Waals surface area contributed by atoms with Crippen molar-refractivity contribution >= 4 is 46.6 Å². The lowest BCUT2D eigenvalue weighted by Crippen LogP contribution is -2.14. The molecule has 1 heterocycles. The molecule has 1 aromatic carbocycles. The SMILES string of the molecule is O=C(CSc1ccccc1Cl)Nc1cccnc1Cl. The average Bonchev–Trinajstić information content (AvgIpc) is 2.40. The molecular formula is C13H10Cl2N2OS. The van der Waals surface area contributed by atoms with Crippen LogP contribution in [0.15, 0.2) is 47.5 Å². The normalized spacial score (nSPS) is 10.2. The number of hydrogen-bond acceptors (Lipinski definition) is 3. The Morgan fingerprint density at radius 3 is 2.74 bits per heavy atom. The first-order valence-corrected chi connectivity index (χ1v) is 7.18. The van der Waals surface area contributed by atoms with Gasteiger partial charge in [0.15, 0.2) is 5.15 Å². The maximum absolute atomic E-state index is 11.8. The third-order valence-corrected chi connectivity index (χ3v) is 4.04. The van der Waals surface area contributed by atoms with E-state index >= 15 is 0 Å². The second kappa shape index (κ2) is 6.80. The molecule has 1 amide bonds. The van der Waals surface area contributed by atoms with Gasteiger partial charge in [0, 0.05) is 11.1 Å². The number of carbonyl (C=O) groups excluding carboxylic acids is 1. The molecule has 0 atom stereocenters. The van der Waals surface area contributed by atoms with Gasteiger partial charge in [-0.15, -0.1) is 11.8 Å². The Labute approximate surface area is 125 Å². The number of amides is 1. The molecule has 3 nitrogen and oxygen atoms in total. The predicted octanol–water partition coefficient (Wildman–Crippen LogP) is 4.12. The summed E-state index contributed by atoms with van der Waals surface area (Å²) in [4.78, 5) is 16.5. The third kappa shape index (κ3) is 4.13. The van der Waals surface area contributed by atoms with Crippen molar-refractivity contribution in [2.45, 2.75) is 4.90 Å². The van der Waals surface area contributed by atoms with Crippen molar-refractivity contribution in [2.75, 3.05) is 11.1 Å². The lowest BCUT2D eigenvalue weighted by Gasteiger charge is -2.06. The highest BCUT2D eigenvalue weighted by Gasteiger charge is 2.08. The summed E-state index contributed by atoms with van der Waals surface area (Å²) in [5.74, 6) is 0.106. The van der Waals surface area contributed by atoms with Gasteiger partial charge in [0.1, 0.15) is 0 Å². The number of anilines is 1. The average molecular weight is 313 g/mol. The van der Waals surface area contributed by atoms with E-state index in [1.807, 2.05) is 18.2 Å². The van der Waals surface area contributed by atoms with Crippen LogP contribution in [0.1, 0.15) is 0 Å². The van der Waals surface area contributed by atoms with Crippen molar-refractivity contribution in [2.24, 2.45) is 0 Å². The fourth-order valence-electron chi connectivity index (χ4n) is 1.37. The van der Waals surface area contributed by atoms with Gasteiger partial charge in [-0.3, -0.25) is 4.79 Å². The Bertz CT molecular complexity index is 592. The molecule has 2 rings (SSSR count). The minimum absolute atomic E-state index is 0.153. The van der Waals surface area contributed by atoms with Gasteiger partial charge >= 0.3 is 0 Å². The number of nitrogens with one attached hydrogen (secondary N) is 1. The summed E-state index contributed by atoms with van der Waals surface area (Å²) in [6, 6.07) is 10.8. The number of benzene rings is 1. The van der Waals surface area contributed by atoms with Crippen LogP contribution in [-0.2, 0) is 4.79 Å². The van der Waals surface area contributed by atoms with Crippen molar-refractivity contribution in [3.63, 3.8) is 0 Å². The van der Waals surface area contributed by atoms with E-state index in [0.717, 1.165) is 4.90 Å². The molecule has 0 saturated heterocycles. The smallest absolute Gasteiger partial charge is 0.234 e. The molecule has 0 aliphatic rings. The largest absolute Gasteiger partial charge is 0.323 e. The zero-order valence-electron chi connectivity index (χ0n) is 9.77. The van der Waals surface area contributed by atoms with Crippen LogP contribution in [-0.4, -0.2) is 16.6 Å². The second-order valence-corrected chi connectivity index (χ2v) is 5.39. The summed E-state index contributed by atoms with van der Waals surface area (Å²) in [7, 11) is 0. The van der Waals surface area contributed by atoms with Gasteiger partial charge in [-0.05, 0) is 24.3 Å². The van der Waals surface area contributed by atoms with Gasteiger partial charge < -0.3 is 5.32 Å². The first-order valence-electron chi connectivity index (χ1n) is 5.44.